The van der Waals surface area contributed by atoms with Crippen LogP contribution < -0.4 is 5.73 Å². The summed E-state index contributed by atoms with van der Waals surface area (Å²) < 4.78 is 0. The Hall–Kier alpha value is -0.570. The number of fused-ring (bicyclic) bond motifs is 3. The first-order chi connectivity index (χ1) is 6.04. The topological polar surface area (TPSA) is 63.3 Å². The molecule has 0 radical (unpaired) electrons. The Balaban J connectivity index is 2.29. The molecule has 13 heavy (non-hydrogen) atoms. The normalized spacial score (nSPS) is 49.2. The molecule has 0 spiro atoms. The molecule has 3 heteroatoms. The van der Waals surface area contributed by atoms with Gasteiger partial charge in [-0.1, -0.05) is 6.92 Å². The Bertz CT molecular complexity index is 231. The van der Waals surface area contributed by atoms with Crippen LogP contribution in [0.3, 0.4) is 0 Å². The van der Waals surface area contributed by atoms with Gasteiger partial charge in [-0.15, -0.1) is 0 Å². The highest BCUT2D eigenvalue weighted by molar-refractivity contribution is 5.72. The Labute approximate surface area is 78.3 Å². The van der Waals surface area contributed by atoms with E-state index in [1.807, 2.05) is 0 Å². The second-order valence-corrected chi connectivity index (χ2v) is 4.88. The molecule has 3 rings (SSSR count). The van der Waals surface area contributed by atoms with Gasteiger partial charge in [0.25, 0.3) is 0 Å². The second kappa shape index (κ2) is 2.71. The van der Waals surface area contributed by atoms with E-state index in [0.717, 1.165) is 25.7 Å². The van der Waals surface area contributed by atoms with Gasteiger partial charge >= 0.3 is 5.97 Å². The summed E-state index contributed by atoms with van der Waals surface area (Å²) in [6.07, 6.45) is 4.34. The minimum atomic E-state index is -0.695. The van der Waals surface area contributed by atoms with E-state index in [-0.39, 0.29) is 17.4 Å². The summed E-state index contributed by atoms with van der Waals surface area (Å²) in [5.74, 6) is -0.540. The molecule has 2 bridgehead atoms. The Morgan fingerprint density at radius 2 is 2.00 bits per heavy atom. The number of carboxylic acid groups (broad SMARTS) is 1. The minimum absolute atomic E-state index is 0.0278. The number of carboxylic acids is 1. The van der Waals surface area contributed by atoms with E-state index in [4.69, 9.17) is 10.8 Å². The van der Waals surface area contributed by atoms with Crippen molar-refractivity contribution in [3.63, 3.8) is 0 Å². The number of carbonyl (C=O) groups is 1. The molecule has 3 fully saturated rings. The third kappa shape index (κ3) is 1.17. The summed E-state index contributed by atoms with van der Waals surface area (Å²) in [5.41, 5.74) is 5.94. The van der Waals surface area contributed by atoms with E-state index in [0.29, 0.717) is 5.92 Å². The van der Waals surface area contributed by atoms with E-state index < -0.39 is 5.97 Å². The largest absolute Gasteiger partial charge is 0.481 e. The predicted octanol–water partition coefficient (Wildman–Crippen LogP) is 1.22. The maximum atomic E-state index is 11.1. The minimum Gasteiger partial charge on any atom is -0.481 e. The van der Waals surface area contributed by atoms with E-state index in [1.54, 1.807) is 0 Å². The molecular formula is C10H17NO2. The number of hydrogen-bond donors (Lipinski definition) is 2. The zero-order chi connectivity index (χ0) is 9.64. The predicted molar refractivity (Wildman–Crippen MR) is 49.2 cm³/mol. The number of aliphatic carboxylic acids is 1. The lowest BCUT2D eigenvalue weighted by Gasteiger charge is -2.52. The molecule has 3 saturated carbocycles. The molecule has 3 nitrogen and oxygen atoms in total. The molecule has 0 amide bonds. The van der Waals surface area contributed by atoms with Gasteiger partial charge in [-0.05, 0) is 37.0 Å². The van der Waals surface area contributed by atoms with Crippen molar-refractivity contribution in [2.24, 2.45) is 23.0 Å². The van der Waals surface area contributed by atoms with Gasteiger partial charge in [0, 0.05) is 6.04 Å². The summed E-state index contributed by atoms with van der Waals surface area (Å²) in [5, 5.41) is 9.12. The van der Waals surface area contributed by atoms with Crippen LogP contribution in [0, 0.1) is 17.3 Å². The average Bonchev–Trinajstić information content (AvgIpc) is 2.03. The molecule has 74 valence electrons. The van der Waals surface area contributed by atoms with Crippen molar-refractivity contribution in [2.75, 3.05) is 0 Å². The molecule has 0 aromatic carbocycles. The molecule has 0 aliphatic heterocycles. The summed E-state index contributed by atoms with van der Waals surface area (Å²) in [6, 6.07) is -0.106. The van der Waals surface area contributed by atoms with Gasteiger partial charge in [0.2, 0.25) is 0 Å². The van der Waals surface area contributed by atoms with Gasteiger partial charge in [0.1, 0.15) is 0 Å². The van der Waals surface area contributed by atoms with Gasteiger partial charge in [-0.25, -0.2) is 0 Å². The van der Waals surface area contributed by atoms with Crippen molar-refractivity contribution in [1.29, 1.82) is 0 Å². The third-order valence-corrected chi connectivity index (χ3v) is 4.12. The standard InChI is InChI=1S/C10H17NO2/c1-10-4-2-6(3-5-10)8(11)7(10)9(12)13/h6-8H,2-5,11H2,1H3,(H,12,13)/t6?,7?,8-,10?/m0/s1. The van der Waals surface area contributed by atoms with Crippen molar-refractivity contribution in [1.82, 2.24) is 0 Å². The first-order valence-electron chi connectivity index (χ1n) is 5.03. The van der Waals surface area contributed by atoms with Crippen LogP contribution in [-0.2, 0) is 4.79 Å². The second-order valence-electron chi connectivity index (χ2n) is 4.88. The molecule has 3 aliphatic rings. The highest BCUT2D eigenvalue weighted by Crippen LogP contribution is 2.52. The summed E-state index contributed by atoms with van der Waals surface area (Å²) in [7, 11) is 0. The summed E-state index contributed by atoms with van der Waals surface area (Å²) in [4.78, 5) is 11.1. The molecule has 2 atom stereocenters. The SMILES string of the molecule is CC12CCC(CC1)[C@H](N)C2C(=O)O. The lowest BCUT2D eigenvalue weighted by molar-refractivity contribution is -0.154. The lowest BCUT2D eigenvalue weighted by Crippen LogP contribution is -2.57. The quantitative estimate of drug-likeness (QED) is 0.642. The highest BCUT2D eigenvalue weighted by atomic mass is 16.4. The van der Waals surface area contributed by atoms with Crippen molar-refractivity contribution >= 4 is 5.97 Å². The van der Waals surface area contributed by atoms with Crippen molar-refractivity contribution in [3.05, 3.63) is 0 Å². The van der Waals surface area contributed by atoms with E-state index in [9.17, 15) is 4.79 Å². The maximum absolute atomic E-state index is 11.1. The molecule has 0 saturated heterocycles. The zero-order valence-electron chi connectivity index (χ0n) is 7.99. The summed E-state index contributed by atoms with van der Waals surface area (Å²) >= 11 is 0. The van der Waals surface area contributed by atoms with Gasteiger partial charge in [0.15, 0.2) is 0 Å². The van der Waals surface area contributed by atoms with Crippen molar-refractivity contribution < 1.29 is 9.90 Å². The molecule has 0 aromatic heterocycles. The molecule has 3 N–H and O–H groups in total. The fraction of sp³-hybridized carbons (Fsp3) is 0.900. The molecule has 3 aliphatic carbocycles. The van der Waals surface area contributed by atoms with Crippen LogP contribution in [0.4, 0.5) is 0 Å². The Kier molecular flexibility index (Phi) is 1.88. The first kappa shape index (κ1) is 9.00. The van der Waals surface area contributed by atoms with Crippen LogP contribution in [0.1, 0.15) is 32.6 Å². The van der Waals surface area contributed by atoms with Gasteiger partial charge < -0.3 is 10.8 Å². The highest BCUT2D eigenvalue weighted by Gasteiger charge is 2.52. The van der Waals surface area contributed by atoms with Crippen molar-refractivity contribution in [3.8, 4) is 0 Å². The lowest BCUT2D eigenvalue weighted by atomic mass is 9.54. The van der Waals surface area contributed by atoms with Crippen LogP contribution in [0.25, 0.3) is 0 Å². The van der Waals surface area contributed by atoms with Gasteiger partial charge in [0.05, 0.1) is 5.92 Å². The first-order valence-corrected chi connectivity index (χ1v) is 5.03. The van der Waals surface area contributed by atoms with Crippen LogP contribution in [0.5, 0.6) is 0 Å². The van der Waals surface area contributed by atoms with E-state index >= 15 is 0 Å². The molecule has 1 unspecified atom stereocenters. The number of hydrogen-bond acceptors (Lipinski definition) is 2. The third-order valence-electron chi connectivity index (χ3n) is 4.12. The van der Waals surface area contributed by atoms with E-state index in [2.05, 4.69) is 6.92 Å². The number of nitrogens with two attached hydrogens (primary N) is 1. The number of rotatable bonds is 1. The fourth-order valence-electron chi connectivity index (χ4n) is 3.20. The van der Waals surface area contributed by atoms with Crippen LogP contribution in [-0.4, -0.2) is 17.1 Å². The fourth-order valence-corrected chi connectivity index (χ4v) is 3.20. The Morgan fingerprint density at radius 3 is 2.31 bits per heavy atom. The Morgan fingerprint density at radius 1 is 1.46 bits per heavy atom. The van der Waals surface area contributed by atoms with Gasteiger partial charge in [-0.3, -0.25) is 4.79 Å². The zero-order valence-corrected chi connectivity index (χ0v) is 7.99. The van der Waals surface area contributed by atoms with Gasteiger partial charge in [-0.2, -0.15) is 0 Å². The maximum Gasteiger partial charge on any atom is 0.308 e. The molecular weight excluding hydrogens is 166 g/mol. The van der Waals surface area contributed by atoms with Crippen LogP contribution in [0.15, 0.2) is 0 Å². The monoisotopic (exact) mass is 183 g/mol. The van der Waals surface area contributed by atoms with Crippen LogP contribution in [0.2, 0.25) is 0 Å². The molecule has 0 aromatic rings. The van der Waals surface area contributed by atoms with Crippen LogP contribution >= 0.6 is 0 Å². The smallest absolute Gasteiger partial charge is 0.308 e. The average molecular weight is 183 g/mol. The summed E-state index contributed by atoms with van der Waals surface area (Å²) in [6.45, 7) is 2.08. The molecule has 0 heterocycles. The van der Waals surface area contributed by atoms with E-state index in [1.165, 1.54) is 0 Å². The van der Waals surface area contributed by atoms with Crippen molar-refractivity contribution in [2.45, 2.75) is 38.6 Å².